The number of imide groups is 1. The number of hydrogen-bond acceptors (Lipinski definition) is 10. The van der Waals surface area contributed by atoms with E-state index in [1.807, 2.05) is 78.0 Å². The Morgan fingerprint density at radius 2 is 1.53 bits per heavy atom. The second-order valence-corrected chi connectivity index (χ2v) is 18.5. The summed E-state index contributed by atoms with van der Waals surface area (Å²) in [5.41, 5.74) is 10.2. The van der Waals surface area contributed by atoms with E-state index in [4.69, 9.17) is 4.98 Å². The average molecular weight is 902 g/mol. The normalized spacial score (nSPS) is 18.9. The predicted octanol–water partition coefficient (Wildman–Crippen LogP) is 5.93. The number of carbonyl (C=O) groups is 4. The summed E-state index contributed by atoms with van der Waals surface area (Å²) in [5.74, 6) is 7.16. The van der Waals surface area contributed by atoms with Gasteiger partial charge in [0.2, 0.25) is 11.8 Å². The van der Waals surface area contributed by atoms with Gasteiger partial charge in [0.05, 0.1) is 24.3 Å². The highest BCUT2D eigenvalue weighted by Crippen LogP contribution is 2.33. The summed E-state index contributed by atoms with van der Waals surface area (Å²) in [7, 11) is 0. The molecule has 340 valence electrons. The lowest BCUT2D eigenvalue weighted by Gasteiger charge is -2.44. The number of nitrogens with one attached hydrogen (secondary N) is 1. The lowest BCUT2D eigenvalue weighted by atomic mass is 9.97. The number of piperidine rings is 1. The van der Waals surface area contributed by atoms with Crippen LogP contribution in [0.4, 0.5) is 5.69 Å². The van der Waals surface area contributed by atoms with E-state index in [2.05, 4.69) is 90.4 Å². The van der Waals surface area contributed by atoms with Gasteiger partial charge in [-0.2, -0.15) is 0 Å². The van der Waals surface area contributed by atoms with Crippen molar-refractivity contribution in [3.8, 4) is 23.2 Å². The second-order valence-electron chi connectivity index (χ2n) is 18.5. The maximum absolute atomic E-state index is 13.6. The first-order chi connectivity index (χ1) is 33.3. The van der Waals surface area contributed by atoms with Gasteiger partial charge in [-0.15, -0.1) is 0 Å². The number of hydrogen-bond donors (Lipinski definition) is 1. The van der Waals surface area contributed by atoms with E-state index < -0.39 is 6.04 Å². The Morgan fingerprint density at radius 3 is 2.32 bits per heavy atom. The maximum atomic E-state index is 13.6. The van der Waals surface area contributed by atoms with Crippen molar-refractivity contribution in [2.45, 2.75) is 38.4 Å². The molecule has 1 atom stereocenters. The summed E-state index contributed by atoms with van der Waals surface area (Å²) in [6, 6.07) is 31.5. The molecule has 1 unspecified atom stereocenters. The van der Waals surface area contributed by atoms with Gasteiger partial charge in [0.15, 0.2) is 5.82 Å². The van der Waals surface area contributed by atoms with E-state index >= 15 is 0 Å². The lowest BCUT2D eigenvalue weighted by Crippen LogP contribution is -2.55. The number of benzene rings is 4. The highest BCUT2D eigenvalue weighted by Gasteiger charge is 2.40. The minimum absolute atomic E-state index is 0.00560. The SMILES string of the molecule is O=C1CCC(N2Cc3cc(N4CC(CN5CCN(CC#Cc6ccc(/C=C/c7ccc(C(=O)N8CCc9cnc(-c%10cnc%11ccccc%11c%10)nc9C8)cc7)cc6)CC5)C4)ccc3C2=O)C(=O)N1. The summed E-state index contributed by atoms with van der Waals surface area (Å²) in [6.07, 6.45) is 9.18. The number of carbonyl (C=O) groups excluding carboxylic acids is 4. The Hall–Kier alpha value is -7.53. The van der Waals surface area contributed by atoms with Gasteiger partial charge in [-0.05, 0) is 89.7 Å². The molecule has 11 rings (SSSR count). The summed E-state index contributed by atoms with van der Waals surface area (Å²) in [5, 5.41) is 3.41. The van der Waals surface area contributed by atoms with Gasteiger partial charge in [-0.25, -0.2) is 9.97 Å². The molecule has 2 aromatic heterocycles. The van der Waals surface area contributed by atoms with Crippen molar-refractivity contribution in [1.29, 1.82) is 0 Å². The fraction of sp³-hybridized carbons (Fsp3) is 0.291. The predicted molar refractivity (Wildman–Crippen MR) is 261 cm³/mol. The quantitative estimate of drug-likeness (QED) is 0.106. The summed E-state index contributed by atoms with van der Waals surface area (Å²) in [6.45, 7) is 9.33. The summed E-state index contributed by atoms with van der Waals surface area (Å²) >= 11 is 0. The Morgan fingerprint density at radius 1 is 0.765 bits per heavy atom. The molecule has 7 heterocycles. The Labute approximate surface area is 395 Å². The molecule has 6 aromatic rings. The van der Waals surface area contributed by atoms with E-state index in [1.165, 1.54) is 0 Å². The molecule has 4 amide bonds. The monoisotopic (exact) mass is 901 g/mol. The van der Waals surface area contributed by atoms with Crippen LogP contribution < -0.4 is 10.2 Å². The van der Waals surface area contributed by atoms with Crippen LogP contribution in [0, 0.1) is 17.8 Å². The molecule has 1 N–H and O–H groups in total. The van der Waals surface area contributed by atoms with Crippen LogP contribution in [-0.2, 0) is 29.1 Å². The molecule has 13 nitrogen and oxygen atoms in total. The summed E-state index contributed by atoms with van der Waals surface area (Å²) < 4.78 is 0. The second kappa shape index (κ2) is 18.6. The topological polar surface area (TPSA) is 135 Å². The van der Waals surface area contributed by atoms with E-state index in [1.54, 1.807) is 4.90 Å². The maximum Gasteiger partial charge on any atom is 0.255 e. The van der Waals surface area contributed by atoms with Crippen LogP contribution in [0.1, 0.15) is 67.1 Å². The van der Waals surface area contributed by atoms with Crippen molar-refractivity contribution in [2.75, 3.05) is 63.8 Å². The average Bonchev–Trinajstić information content (AvgIpc) is 3.69. The van der Waals surface area contributed by atoms with Crippen molar-refractivity contribution < 1.29 is 19.2 Å². The fourth-order valence-corrected chi connectivity index (χ4v) is 10.0. The van der Waals surface area contributed by atoms with Gasteiger partial charge in [0.25, 0.3) is 11.8 Å². The van der Waals surface area contributed by atoms with Crippen LogP contribution in [0.25, 0.3) is 34.4 Å². The van der Waals surface area contributed by atoms with Crippen LogP contribution >= 0.6 is 0 Å². The van der Waals surface area contributed by atoms with Gasteiger partial charge in [-0.1, -0.05) is 66.5 Å². The van der Waals surface area contributed by atoms with Crippen molar-refractivity contribution >= 4 is 52.4 Å². The molecule has 0 saturated carbocycles. The number of rotatable bonds is 9. The van der Waals surface area contributed by atoms with Crippen molar-refractivity contribution in [3.05, 3.63) is 154 Å². The molecule has 0 bridgehead atoms. The van der Waals surface area contributed by atoms with Crippen molar-refractivity contribution in [3.63, 3.8) is 0 Å². The third kappa shape index (κ3) is 9.13. The molecular weight excluding hydrogens is 851 g/mol. The molecule has 5 aliphatic rings. The molecule has 0 spiro atoms. The van der Waals surface area contributed by atoms with Gasteiger partial charge < -0.3 is 19.6 Å². The zero-order valence-corrected chi connectivity index (χ0v) is 37.8. The molecule has 3 saturated heterocycles. The number of amides is 4. The first kappa shape index (κ1) is 43.1. The molecular formula is C55H51N9O4. The highest BCUT2D eigenvalue weighted by molar-refractivity contribution is 6.05. The molecule has 5 aliphatic heterocycles. The van der Waals surface area contributed by atoms with Gasteiger partial charge in [0.1, 0.15) is 6.04 Å². The van der Waals surface area contributed by atoms with Crippen molar-refractivity contribution in [2.24, 2.45) is 5.92 Å². The lowest BCUT2D eigenvalue weighted by molar-refractivity contribution is -0.136. The number of para-hydroxylation sites is 1. The number of fused-ring (bicyclic) bond motifs is 3. The first-order valence-electron chi connectivity index (χ1n) is 23.6. The molecule has 0 radical (unpaired) electrons. The van der Waals surface area contributed by atoms with Crippen molar-refractivity contribution in [1.82, 2.24) is 39.9 Å². The molecule has 13 heteroatoms. The first-order valence-corrected chi connectivity index (χ1v) is 23.6. The number of piperazine rings is 1. The number of anilines is 1. The van der Waals surface area contributed by atoms with Gasteiger partial charge in [-0.3, -0.25) is 34.4 Å². The molecule has 4 aromatic carbocycles. The molecule has 3 fully saturated rings. The van der Waals surface area contributed by atoms with Crippen LogP contribution in [-0.4, -0.2) is 123 Å². The smallest absolute Gasteiger partial charge is 0.255 e. The summed E-state index contributed by atoms with van der Waals surface area (Å²) in [4.78, 5) is 75.7. The fourth-order valence-electron chi connectivity index (χ4n) is 10.0. The van der Waals surface area contributed by atoms with Crippen LogP contribution in [0.2, 0.25) is 0 Å². The van der Waals surface area contributed by atoms with E-state index in [0.29, 0.717) is 55.3 Å². The highest BCUT2D eigenvalue weighted by atomic mass is 16.2. The minimum Gasteiger partial charge on any atom is -0.371 e. The Balaban J connectivity index is 0.605. The van der Waals surface area contributed by atoms with Gasteiger partial charge >= 0.3 is 0 Å². The third-order valence-electron chi connectivity index (χ3n) is 14.0. The molecule has 68 heavy (non-hydrogen) atoms. The largest absolute Gasteiger partial charge is 0.371 e. The van der Waals surface area contributed by atoms with Crippen LogP contribution in [0.3, 0.4) is 0 Å². The van der Waals surface area contributed by atoms with Gasteiger partial charge in [0, 0.05) is 117 Å². The molecule has 0 aliphatic carbocycles. The van der Waals surface area contributed by atoms with Crippen LogP contribution in [0.15, 0.2) is 109 Å². The zero-order valence-electron chi connectivity index (χ0n) is 37.8. The zero-order chi connectivity index (χ0) is 46.1. The van der Waals surface area contributed by atoms with E-state index in [-0.39, 0.29) is 30.0 Å². The number of pyridine rings is 1. The number of nitrogens with zero attached hydrogens (tertiary/aromatic N) is 8. The standard InChI is InChI=1S/C55H51N9O4/c65-51-20-19-50(53(66)59-51)64-35-45-29-46(17-18-47(45)55(64)68)63-33-40(34-63)32-61-26-24-60(25-27-61)22-3-4-37-7-9-38(10-8-37)11-12-39-13-15-41(16-14-39)54(67)62-23-21-43-30-57-52(58-49(43)36-62)44-28-42-5-1-2-6-48(42)56-31-44/h1-2,5-18,28-31,40,50H,19-27,32-36H2,(H,59,65,66)/b12-11+. The van der Waals surface area contributed by atoms with Crippen LogP contribution in [0.5, 0.6) is 0 Å². The van der Waals surface area contributed by atoms with E-state index in [0.717, 1.165) is 108 Å². The Bertz CT molecular complexity index is 3040. The van der Waals surface area contributed by atoms with E-state index in [9.17, 15) is 19.2 Å². The number of aromatic nitrogens is 3. The Kier molecular flexibility index (Phi) is 11.8. The third-order valence-corrected chi connectivity index (χ3v) is 14.0. The minimum atomic E-state index is -0.594.